The van der Waals surface area contributed by atoms with E-state index in [2.05, 4.69) is 9.46 Å². The number of halogens is 2. The predicted molar refractivity (Wildman–Crippen MR) is 75.4 cm³/mol. The Bertz CT molecular complexity index is 549. The van der Waals surface area contributed by atoms with Gasteiger partial charge in [-0.2, -0.15) is 8.78 Å². The molecule has 0 spiro atoms. The molecule has 0 amide bonds. The van der Waals surface area contributed by atoms with Gasteiger partial charge >= 0.3 is 6.61 Å². The molecule has 8 heteroatoms. The maximum atomic E-state index is 12.2. The minimum Gasteiger partial charge on any atom is -0.493 e. The summed E-state index contributed by atoms with van der Waals surface area (Å²) in [6, 6.07) is 4.51. The quantitative estimate of drug-likeness (QED) is 0.756. The molecule has 0 aliphatic rings. The first kappa shape index (κ1) is 17.6. The van der Waals surface area contributed by atoms with Gasteiger partial charge in [-0.05, 0) is 30.5 Å². The second-order valence-corrected chi connectivity index (χ2v) is 6.25. The highest BCUT2D eigenvalue weighted by molar-refractivity contribution is 7.89. The van der Waals surface area contributed by atoms with Crippen LogP contribution in [0, 0.1) is 0 Å². The second kappa shape index (κ2) is 8.14. The van der Waals surface area contributed by atoms with Crippen LogP contribution in [-0.4, -0.2) is 34.4 Å². The summed E-state index contributed by atoms with van der Waals surface area (Å²) in [5.74, 6) is 0.212. The van der Waals surface area contributed by atoms with E-state index in [0.717, 1.165) is 5.56 Å². The van der Waals surface area contributed by atoms with E-state index in [1.807, 2.05) is 0 Å². The van der Waals surface area contributed by atoms with Crippen LogP contribution < -0.4 is 14.2 Å². The molecule has 0 aliphatic carbocycles. The number of ether oxygens (including phenoxy) is 2. The lowest BCUT2D eigenvalue weighted by molar-refractivity contribution is -0.0512. The first-order valence-electron chi connectivity index (χ1n) is 6.47. The number of rotatable bonds is 9. The average molecular weight is 323 g/mol. The lowest BCUT2D eigenvalue weighted by atomic mass is 10.1. The Kier molecular flexibility index (Phi) is 6.83. The minimum atomic E-state index is -3.25. The molecule has 0 unspecified atom stereocenters. The van der Waals surface area contributed by atoms with Crippen molar-refractivity contribution in [2.24, 2.45) is 0 Å². The number of benzene rings is 1. The fraction of sp³-hybridized carbons (Fsp3) is 0.538. The maximum Gasteiger partial charge on any atom is 0.387 e. The molecule has 0 aliphatic heterocycles. The van der Waals surface area contributed by atoms with E-state index < -0.39 is 16.6 Å². The van der Waals surface area contributed by atoms with Gasteiger partial charge in [0.2, 0.25) is 10.0 Å². The molecule has 0 atom stereocenters. The standard InChI is InChI=1S/C13H19F2NO4S/c1-3-8-21(17,18)16-7-6-10-4-5-11(20-13(14)15)12(9-10)19-2/h4-5,9,13,16H,3,6-8H2,1-2H3. The van der Waals surface area contributed by atoms with Crippen molar-refractivity contribution in [3.63, 3.8) is 0 Å². The SMILES string of the molecule is CCCS(=O)(=O)NCCc1ccc(OC(F)F)c(OC)c1. The molecule has 1 aromatic carbocycles. The molecule has 0 heterocycles. The van der Waals surface area contributed by atoms with Crippen molar-refractivity contribution in [2.75, 3.05) is 19.4 Å². The Hall–Kier alpha value is -1.41. The second-order valence-electron chi connectivity index (χ2n) is 4.33. The zero-order valence-electron chi connectivity index (χ0n) is 11.9. The summed E-state index contributed by atoms with van der Waals surface area (Å²) in [7, 11) is -1.90. The first-order valence-corrected chi connectivity index (χ1v) is 8.12. The van der Waals surface area contributed by atoms with Crippen molar-refractivity contribution in [3.05, 3.63) is 23.8 Å². The number of methoxy groups -OCH3 is 1. The number of hydrogen-bond donors (Lipinski definition) is 1. The molecule has 120 valence electrons. The lowest BCUT2D eigenvalue weighted by Gasteiger charge is -2.11. The third-order valence-corrected chi connectivity index (χ3v) is 4.24. The summed E-state index contributed by atoms with van der Waals surface area (Å²) >= 11 is 0. The molecule has 0 saturated carbocycles. The fourth-order valence-electron chi connectivity index (χ4n) is 1.75. The molecule has 0 saturated heterocycles. The normalized spacial score (nSPS) is 11.7. The topological polar surface area (TPSA) is 64.6 Å². The van der Waals surface area contributed by atoms with Gasteiger partial charge in [-0.1, -0.05) is 13.0 Å². The summed E-state index contributed by atoms with van der Waals surface area (Å²) in [5.41, 5.74) is 0.757. The number of hydrogen-bond acceptors (Lipinski definition) is 4. The van der Waals surface area contributed by atoms with E-state index in [1.54, 1.807) is 19.1 Å². The van der Waals surface area contributed by atoms with Crippen molar-refractivity contribution < 1.29 is 26.7 Å². The van der Waals surface area contributed by atoms with Gasteiger partial charge in [0.25, 0.3) is 0 Å². The van der Waals surface area contributed by atoms with E-state index in [-0.39, 0.29) is 23.8 Å². The highest BCUT2D eigenvalue weighted by Crippen LogP contribution is 2.29. The summed E-state index contributed by atoms with van der Waals surface area (Å²) in [6.07, 6.45) is 0.969. The highest BCUT2D eigenvalue weighted by atomic mass is 32.2. The largest absolute Gasteiger partial charge is 0.493 e. The summed E-state index contributed by atoms with van der Waals surface area (Å²) in [5, 5.41) is 0. The van der Waals surface area contributed by atoms with Crippen LogP contribution in [-0.2, 0) is 16.4 Å². The van der Waals surface area contributed by atoms with Gasteiger partial charge in [0.05, 0.1) is 12.9 Å². The number of nitrogens with one attached hydrogen (secondary N) is 1. The van der Waals surface area contributed by atoms with E-state index in [9.17, 15) is 17.2 Å². The maximum absolute atomic E-state index is 12.2. The lowest BCUT2D eigenvalue weighted by Crippen LogP contribution is -2.28. The molecular weight excluding hydrogens is 304 g/mol. The van der Waals surface area contributed by atoms with Gasteiger partial charge in [0.15, 0.2) is 11.5 Å². The fourth-order valence-corrected chi connectivity index (χ4v) is 2.85. The third kappa shape index (κ3) is 6.26. The predicted octanol–water partition coefficient (Wildman–Crippen LogP) is 2.17. The molecular formula is C13H19F2NO4S. The summed E-state index contributed by atoms with van der Waals surface area (Å²) in [6.45, 7) is -0.905. The van der Waals surface area contributed by atoms with Crippen LogP contribution >= 0.6 is 0 Å². The molecule has 5 nitrogen and oxygen atoms in total. The van der Waals surface area contributed by atoms with Crippen molar-refractivity contribution in [1.82, 2.24) is 4.72 Å². The molecule has 0 radical (unpaired) electrons. The van der Waals surface area contributed by atoms with Crippen molar-refractivity contribution in [2.45, 2.75) is 26.4 Å². The van der Waals surface area contributed by atoms with Crippen molar-refractivity contribution in [3.8, 4) is 11.5 Å². The van der Waals surface area contributed by atoms with Crippen LogP contribution in [0.25, 0.3) is 0 Å². The minimum absolute atomic E-state index is 0.0530. The Morgan fingerprint density at radius 2 is 2.00 bits per heavy atom. The summed E-state index contributed by atoms with van der Waals surface area (Å²) in [4.78, 5) is 0. The Balaban J connectivity index is 2.64. The highest BCUT2D eigenvalue weighted by Gasteiger charge is 2.12. The van der Waals surface area contributed by atoms with Crippen LogP contribution in [0.4, 0.5) is 8.78 Å². The van der Waals surface area contributed by atoms with Gasteiger partial charge in [-0.3, -0.25) is 0 Å². The molecule has 1 aromatic rings. The van der Waals surface area contributed by atoms with E-state index >= 15 is 0 Å². The zero-order valence-corrected chi connectivity index (χ0v) is 12.8. The van der Waals surface area contributed by atoms with Crippen LogP contribution in [0.1, 0.15) is 18.9 Å². The molecule has 1 rings (SSSR count). The van der Waals surface area contributed by atoms with Crippen molar-refractivity contribution in [1.29, 1.82) is 0 Å². The smallest absolute Gasteiger partial charge is 0.387 e. The Morgan fingerprint density at radius 1 is 1.29 bits per heavy atom. The zero-order chi connectivity index (χ0) is 15.9. The average Bonchev–Trinajstić information content (AvgIpc) is 2.39. The molecule has 0 aromatic heterocycles. The molecule has 21 heavy (non-hydrogen) atoms. The Labute approximate surface area is 123 Å². The van der Waals surface area contributed by atoms with Gasteiger partial charge in [-0.25, -0.2) is 13.1 Å². The van der Waals surface area contributed by atoms with Gasteiger partial charge < -0.3 is 9.47 Å². The van der Waals surface area contributed by atoms with Crippen molar-refractivity contribution >= 4 is 10.0 Å². The van der Waals surface area contributed by atoms with Crippen LogP contribution in [0.5, 0.6) is 11.5 Å². The summed E-state index contributed by atoms with van der Waals surface area (Å²) < 4.78 is 59.1. The molecule has 0 fully saturated rings. The number of alkyl halides is 2. The Morgan fingerprint density at radius 3 is 2.57 bits per heavy atom. The van der Waals surface area contributed by atoms with E-state index in [4.69, 9.17) is 4.74 Å². The third-order valence-electron chi connectivity index (χ3n) is 2.65. The van der Waals surface area contributed by atoms with Crippen LogP contribution in [0.15, 0.2) is 18.2 Å². The number of sulfonamides is 1. The molecule has 0 bridgehead atoms. The monoisotopic (exact) mass is 323 g/mol. The van der Waals surface area contributed by atoms with Gasteiger partial charge in [-0.15, -0.1) is 0 Å². The van der Waals surface area contributed by atoms with Gasteiger partial charge in [0.1, 0.15) is 0 Å². The van der Waals surface area contributed by atoms with Crippen LogP contribution in [0.2, 0.25) is 0 Å². The molecule has 1 N–H and O–H groups in total. The van der Waals surface area contributed by atoms with E-state index in [1.165, 1.54) is 13.2 Å². The first-order chi connectivity index (χ1) is 9.88. The van der Waals surface area contributed by atoms with Crippen LogP contribution in [0.3, 0.4) is 0 Å². The van der Waals surface area contributed by atoms with Gasteiger partial charge in [0, 0.05) is 6.54 Å². The van der Waals surface area contributed by atoms with E-state index in [0.29, 0.717) is 12.8 Å².